The number of fused-ring (bicyclic) bond motifs is 10. The smallest absolute Gasteiger partial charge is 0.0541 e. The van der Waals surface area contributed by atoms with Gasteiger partial charge in [0.25, 0.3) is 0 Å². The van der Waals surface area contributed by atoms with Gasteiger partial charge in [-0.2, -0.15) is 0 Å². The number of benzene rings is 12. The second-order valence-electron chi connectivity index (χ2n) is 22.8. The molecule has 0 aliphatic heterocycles. The summed E-state index contributed by atoms with van der Waals surface area (Å²) in [5.74, 6) is 0.502. The number of nitrogens with zero attached hydrogens (tertiary/aromatic N) is 5. The first-order valence-corrected chi connectivity index (χ1v) is 29.7. The van der Waals surface area contributed by atoms with Crippen molar-refractivity contribution in [1.82, 2.24) is 14.1 Å². The molecule has 2 aliphatic rings. The van der Waals surface area contributed by atoms with Crippen LogP contribution in [0.25, 0.3) is 110 Å². The average Bonchev–Trinajstić information content (AvgIpc) is 2.63. The molecule has 0 amide bonds. The molecule has 2 atom stereocenters. The molecular formula is C81H55N5. The lowest BCUT2D eigenvalue weighted by molar-refractivity contribution is 0.652. The fourth-order valence-corrected chi connectivity index (χ4v) is 13.7. The molecule has 0 spiro atoms. The van der Waals surface area contributed by atoms with Crippen LogP contribution in [0.4, 0.5) is 28.4 Å². The number of rotatable bonds is 10. The number of anilines is 5. The SMILES string of the molecule is C1=CC2C=CC(N(c3cc(-c4cncc(-c5cc(-n6c7ccccc7c7ccccc76)cc(-n6c7ccccc7c7ccccc76)c5)c4)cc(N(c4ccc5ccccc5c4)c4ccc5ccccc5c4)c3)c3ccc4ccccc4c3)=CC2C=C1. The van der Waals surface area contributed by atoms with Crippen molar-refractivity contribution in [2.75, 3.05) is 9.80 Å². The van der Waals surface area contributed by atoms with Crippen molar-refractivity contribution < 1.29 is 0 Å². The first-order chi connectivity index (χ1) is 42.6. The Morgan fingerprint density at radius 2 is 0.686 bits per heavy atom. The third-order valence-corrected chi connectivity index (χ3v) is 17.7. The molecule has 0 saturated heterocycles. The zero-order valence-electron chi connectivity index (χ0n) is 47.0. The van der Waals surface area contributed by atoms with Gasteiger partial charge in [0.05, 0.1) is 22.1 Å². The van der Waals surface area contributed by atoms with Gasteiger partial charge >= 0.3 is 0 Å². The van der Waals surface area contributed by atoms with E-state index in [1.807, 2.05) is 12.4 Å². The summed E-state index contributed by atoms with van der Waals surface area (Å²) in [6, 6.07) is 98.2. The van der Waals surface area contributed by atoms with Crippen molar-refractivity contribution in [3.05, 3.63) is 328 Å². The number of allylic oxidation sites excluding steroid dienone is 7. The summed E-state index contributed by atoms with van der Waals surface area (Å²) in [5.41, 5.74) is 17.2. The number of hydrogen-bond acceptors (Lipinski definition) is 3. The van der Waals surface area contributed by atoms with Crippen LogP contribution in [0.5, 0.6) is 0 Å². The normalized spacial score (nSPS) is 14.7. The highest BCUT2D eigenvalue weighted by molar-refractivity contribution is 6.11. The molecule has 3 aromatic heterocycles. The highest BCUT2D eigenvalue weighted by atomic mass is 15.2. The summed E-state index contributed by atoms with van der Waals surface area (Å²) in [5, 5.41) is 12.0. The fraction of sp³-hybridized carbons (Fsp3) is 0.0247. The molecule has 0 radical (unpaired) electrons. The quantitative estimate of drug-likeness (QED) is 0.137. The standard InChI is InChI=1S/C81H55N5/c1-5-21-58-42-66(37-33-54(58)17-1)83(67-38-34-55-18-2-6-22-59(55)43-67)70-46-62(47-71(50-70)84(68-39-35-56-19-3-7-23-60(56)44-68)69-40-36-57-20-4-8-24-61(57)45-69)64-41-65(53-82-52-64)63-48-72(85-78-29-13-9-25-74(78)75-26-10-14-30-79(75)85)51-73(49-63)86-80-31-15-11-27-76(80)77-28-12-16-32-81(77)86/h1-54,58H. The Kier molecular flexibility index (Phi) is 11.6. The number of hydrogen-bond donors (Lipinski definition) is 0. The maximum Gasteiger partial charge on any atom is 0.0541 e. The minimum atomic E-state index is 0.212. The third kappa shape index (κ3) is 8.43. The minimum Gasteiger partial charge on any atom is -0.311 e. The Balaban J connectivity index is 0.914. The lowest BCUT2D eigenvalue weighted by Crippen LogP contribution is -2.21. The monoisotopic (exact) mass is 1100 g/mol. The van der Waals surface area contributed by atoms with Gasteiger partial charge in [0.2, 0.25) is 0 Å². The van der Waals surface area contributed by atoms with Gasteiger partial charge in [-0.15, -0.1) is 0 Å². The molecule has 2 unspecified atom stereocenters. The van der Waals surface area contributed by atoms with Crippen LogP contribution < -0.4 is 9.80 Å². The van der Waals surface area contributed by atoms with Crippen LogP contribution in [0, 0.1) is 11.8 Å². The van der Waals surface area contributed by atoms with E-state index in [9.17, 15) is 0 Å². The predicted octanol–water partition coefficient (Wildman–Crippen LogP) is 21.5. The minimum absolute atomic E-state index is 0.212. The Bertz CT molecular complexity index is 5040. The molecule has 3 heterocycles. The molecule has 12 aromatic carbocycles. The van der Waals surface area contributed by atoms with Crippen molar-refractivity contribution in [3.63, 3.8) is 0 Å². The van der Waals surface area contributed by atoms with E-state index >= 15 is 0 Å². The van der Waals surface area contributed by atoms with Crippen LogP contribution in [0.1, 0.15) is 0 Å². The zero-order valence-corrected chi connectivity index (χ0v) is 47.0. The van der Waals surface area contributed by atoms with Crippen molar-refractivity contribution >= 4 is 104 Å². The van der Waals surface area contributed by atoms with Crippen LogP contribution in [0.15, 0.2) is 328 Å². The molecule has 5 nitrogen and oxygen atoms in total. The van der Waals surface area contributed by atoms with Gasteiger partial charge in [-0.3, -0.25) is 4.98 Å². The largest absolute Gasteiger partial charge is 0.311 e. The molecule has 2 aliphatic carbocycles. The molecule has 0 saturated carbocycles. The van der Waals surface area contributed by atoms with Crippen LogP contribution in [-0.2, 0) is 0 Å². The Morgan fingerprint density at radius 3 is 1.16 bits per heavy atom. The lowest BCUT2D eigenvalue weighted by atomic mass is 9.84. The first kappa shape index (κ1) is 49.3. The molecular weight excluding hydrogens is 1040 g/mol. The van der Waals surface area contributed by atoms with Gasteiger partial charge in [-0.1, -0.05) is 200 Å². The summed E-state index contributed by atoms with van der Waals surface area (Å²) in [6.07, 6.45) is 20.2. The van der Waals surface area contributed by atoms with Crippen LogP contribution in [0.3, 0.4) is 0 Å². The molecule has 86 heavy (non-hydrogen) atoms. The van der Waals surface area contributed by atoms with Crippen molar-refractivity contribution in [2.24, 2.45) is 11.8 Å². The summed E-state index contributed by atoms with van der Waals surface area (Å²) >= 11 is 0. The van der Waals surface area contributed by atoms with E-state index in [-0.39, 0.29) is 11.8 Å². The van der Waals surface area contributed by atoms with E-state index < -0.39 is 0 Å². The van der Waals surface area contributed by atoms with Gasteiger partial charge in [0.1, 0.15) is 0 Å². The Morgan fingerprint density at radius 1 is 0.291 bits per heavy atom. The zero-order chi connectivity index (χ0) is 56.7. The van der Waals surface area contributed by atoms with Crippen LogP contribution >= 0.6 is 0 Å². The fourth-order valence-electron chi connectivity index (χ4n) is 13.7. The molecule has 404 valence electrons. The molecule has 0 fully saturated rings. The average molecular weight is 1100 g/mol. The van der Waals surface area contributed by atoms with Gasteiger partial charge < -0.3 is 18.9 Å². The van der Waals surface area contributed by atoms with Gasteiger partial charge in [-0.05, 0) is 153 Å². The number of pyridine rings is 1. The van der Waals surface area contributed by atoms with E-state index in [0.29, 0.717) is 0 Å². The highest BCUT2D eigenvalue weighted by Crippen LogP contribution is 2.46. The van der Waals surface area contributed by atoms with Crippen LogP contribution in [-0.4, -0.2) is 14.1 Å². The maximum absolute atomic E-state index is 5.21. The van der Waals surface area contributed by atoms with Crippen molar-refractivity contribution in [1.29, 1.82) is 0 Å². The van der Waals surface area contributed by atoms with E-state index in [4.69, 9.17) is 4.98 Å². The van der Waals surface area contributed by atoms with E-state index in [0.717, 1.165) is 89.8 Å². The molecule has 0 N–H and O–H groups in total. The summed E-state index contributed by atoms with van der Waals surface area (Å²) < 4.78 is 4.87. The van der Waals surface area contributed by atoms with E-state index in [1.54, 1.807) is 0 Å². The second-order valence-corrected chi connectivity index (χ2v) is 22.8. The summed E-state index contributed by atoms with van der Waals surface area (Å²) in [7, 11) is 0. The maximum atomic E-state index is 5.21. The molecule has 5 heteroatoms. The molecule has 15 aromatic rings. The Labute approximate surface area is 498 Å². The van der Waals surface area contributed by atoms with E-state index in [2.05, 4.69) is 328 Å². The topological polar surface area (TPSA) is 29.2 Å². The first-order valence-electron chi connectivity index (χ1n) is 29.7. The van der Waals surface area contributed by atoms with Crippen molar-refractivity contribution in [3.8, 4) is 33.6 Å². The van der Waals surface area contributed by atoms with Crippen molar-refractivity contribution in [2.45, 2.75) is 0 Å². The van der Waals surface area contributed by atoms with Gasteiger partial charge in [0, 0.05) is 102 Å². The third-order valence-electron chi connectivity index (χ3n) is 17.7. The molecule has 17 rings (SSSR count). The van der Waals surface area contributed by atoms with Crippen LogP contribution in [0.2, 0.25) is 0 Å². The molecule has 0 bridgehead atoms. The number of aromatic nitrogens is 3. The predicted molar refractivity (Wildman–Crippen MR) is 362 cm³/mol. The highest BCUT2D eigenvalue weighted by Gasteiger charge is 2.26. The summed E-state index contributed by atoms with van der Waals surface area (Å²) in [4.78, 5) is 10.1. The lowest BCUT2D eigenvalue weighted by Gasteiger charge is -2.33. The van der Waals surface area contributed by atoms with Gasteiger partial charge in [-0.25, -0.2) is 0 Å². The van der Waals surface area contributed by atoms with Gasteiger partial charge in [0.15, 0.2) is 0 Å². The Hall–Kier alpha value is -11.3. The van der Waals surface area contributed by atoms with E-state index in [1.165, 1.54) is 53.9 Å². The number of para-hydroxylation sites is 4. The second kappa shape index (κ2) is 20.3. The summed E-state index contributed by atoms with van der Waals surface area (Å²) in [6.45, 7) is 0.